The van der Waals surface area contributed by atoms with E-state index in [4.69, 9.17) is 12.2 Å². The summed E-state index contributed by atoms with van der Waals surface area (Å²) >= 11 is 5.05. The molecule has 0 aliphatic carbocycles. The Morgan fingerprint density at radius 3 is 2.65 bits per heavy atom. The molecule has 0 saturated heterocycles. The van der Waals surface area contributed by atoms with Gasteiger partial charge in [-0.05, 0) is 44.6 Å². The predicted molar refractivity (Wildman–Crippen MR) is 72.3 cm³/mol. The molecule has 2 N–H and O–H groups in total. The van der Waals surface area contributed by atoms with Crippen LogP contribution in [-0.4, -0.2) is 16.1 Å². The average molecular weight is 253 g/mol. The van der Waals surface area contributed by atoms with Gasteiger partial charge in [0.05, 0.1) is 4.92 Å². The molecule has 17 heavy (non-hydrogen) atoms. The van der Waals surface area contributed by atoms with Gasteiger partial charge in [0, 0.05) is 12.1 Å². The second-order valence-electron chi connectivity index (χ2n) is 4.03. The van der Waals surface area contributed by atoms with Gasteiger partial charge in [-0.1, -0.05) is 6.07 Å². The number of hydrogen-bond acceptors (Lipinski definition) is 3. The van der Waals surface area contributed by atoms with Gasteiger partial charge in [-0.15, -0.1) is 0 Å². The fourth-order valence-electron chi connectivity index (χ4n) is 1.32. The molecule has 1 aromatic rings. The number of nitro benzene ring substituents is 1. The number of anilines is 1. The van der Waals surface area contributed by atoms with Gasteiger partial charge in [0.25, 0.3) is 5.69 Å². The third-order valence-corrected chi connectivity index (χ3v) is 2.24. The van der Waals surface area contributed by atoms with E-state index in [1.807, 2.05) is 20.8 Å². The van der Waals surface area contributed by atoms with Crippen LogP contribution in [0.4, 0.5) is 11.4 Å². The van der Waals surface area contributed by atoms with E-state index in [9.17, 15) is 10.1 Å². The lowest BCUT2D eigenvalue weighted by Gasteiger charge is -2.13. The Labute approximate surface area is 105 Å². The SMILES string of the molecule is Cc1ccc(NC(=S)NC(C)C)c([N+](=O)[O-])c1. The van der Waals surface area contributed by atoms with E-state index in [2.05, 4.69) is 10.6 Å². The largest absolute Gasteiger partial charge is 0.360 e. The van der Waals surface area contributed by atoms with Gasteiger partial charge in [-0.3, -0.25) is 10.1 Å². The van der Waals surface area contributed by atoms with Crippen molar-refractivity contribution in [1.82, 2.24) is 5.32 Å². The molecule has 6 heteroatoms. The molecule has 92 valence electrons. The molecule has 0 saturated carbocycles. The summed E-state index contributed by atoms with van der Waals surface area (Å²) in [6, 6.07) is 5.15. The van der Waals surface area contributed by atoms with Crippen LogP contribution >= 0.6 is 12.2 Å². The highest BCUT2D eigenvalue weighted by atomic mass is 32.1. The summed E-state index contributed by atoms with van der Waals surface area (Å²) in [6.45, 7) is 5.69. The first-order valence-corrected chi connectivity index (χ1v) is 5.63. The van der Waals surface area contributed by atoms with Gasteiger partial charge < -0.3 is 10.6 Å². The lowest BCUT2D eigenvalue weighted by molar-refractivity contribution is -0.383. The van der Waals surface area contributed by atoms with Crippen molar-refractivity contribution in [3.63, 3.8) is 0 Å². The van der Waals surface area contributed by atoms with E-state index in [1.54, 1.807) is 12.1 Å². The number of nitro groups is 1. The molecule has 0 aliphatic heterocycles. The predicted octanol–water partition coefficient (Wildman–Crippen LogP) is 2.60. The molecule has 1 aromatic carbocycles. The second kappa shape index (κ2) is 5.58. The topological polar surface area (TPSA) is 67.2 Å². The Morgan fingerprint density at radius 1 is 1.47 bits per heavy atom. The number of benzene rings is 1. The maximum atomic E-state index is 10.9. The number of aryl methyl sites for hydroxylation is 1. The normalized spacial score (nSPS) is 10.1. The molecule has 0 radical (unpaired) electrons. The molecule has 1 rings (SSSR count). The quantitative estimate of drug-likeness (QED) is 0.492. The van der Waals surface area contributed by atoms with Crippen LogP contribution in [0.3, 0.4) is 0 Å². The zero-order valence-corrected chi connectivity index (χ0v) is 10.8. The van der Waals surface area contributed by atoms with Crippen molar-refractivity contribution in [3.8, 4) is 0 Å². The first kappa shape index (κ1) is 13.4. The molecule has 5 nitrogen and oxygen atoms in total. The van der Waals surface area contributed by atoms with Crippen LogP contribution in [-0.2, 0) is 0 Å². The number of nitrogens with zero attached hydrogens (tertiary/aromatic N) is 1. The van der Waals surface area contributed by atoms with Crippen molar-refractivity contribution in [2.75, 3.05) is 5.32 Å². The third kappa shape index (κ3) is 3.99. The minimum Gasteiger partial charge on any atom is -0.360 e. The van der Waals surface area contributed by atoms with Gasteiger partial charge >= 0.3 is 0 Å². The van der Waals surface area contributed by atoms with Crippen LogP contribution in [0.1, 0.15) is 19.4 Å². The first-order valence-electron chi connectivity index (χ1n) is 5.22. The van der Waals surface area contributed by atoms with Crippen LogP contribution < -0.4 is 10.6 Å². The Bertz CT molecular complexity index is 446. The standard InChI is InChI=1S/C11H15N3O2S/c1-7(2)12-11(17)13-9-5-4-8(3)6-10(9)14(15)16/h4-7H,1-3H3,(H2,12,13,17). The van der Waals surface area contributed by atoms with Crippen molar-refractivity contribution in [2.24, 2.45) is 0 Å². The van der Waals surface area contributed by atoms with E-state index in [-0.39, 0.29) is 11.7 Å². The molecule has 0 amide bonds. The van der Waals surface area contributed by atoms with Gasteiger partial charge in [0.15, 0.2) is 5.11 Å². The zero-order valence-electron chi connectivity index (χ0n) is 9.98. The molecular formula is C11H15N3O2S. The van der Waals surface area contributed by atoms with Gasteiger partial charge in [0.1, 0.15) is 5.69 Å². The summed E-state index contributed by atoms with van der Waals surface area (Å²) < 4.78 is 0. The number of nitrogens with one attached hydrogen (secondary N) is 2. The molecule has 0 spiro atoms. The minimum atomic E-state index is -0.423. The third-order valence-electron chi connectivity index (χ3n) is 2.02. The number of thiocarbonyl (C=S) groups is 1. The molecule has 0 unspecified atom stereocenters. The summed E-state index contributed by atoms with van der Waals surface area (Å²) in [4.78, 5) is 10.5. The van der Waals surface area contributed by atoms with E-state index in [0.717, 1.165) is 5.56 Å². The van der Waals surface area contributed by atoms with Crippen LogP contribution in [0.15, 0.2) is 18.2 Å². The minimum absolute atomic E-state index is 0.0258. The van der Waals surface area contributed by atoms with Gasteiger partial charge in [-0.25, -0.2) is 0 Å². The number of rotatable bonds is 3. The maximum Gasteiger partial charge on any atom is 0.292 e. The Balaban J connectivity index is 2.91. The molecule has 0 aromatic heterocycles. The van der Waals surface area contributed by atoms with Crippen molar-refractivity contribution in [3.05, 3.63) is 33.9 Å². The summed E-state index contributed by atoms with van der Waals surface area (Å²) in [5.41, 5.74) is 1.27. The molecule has 0 bridgehead atoms. The Morgan fingerprint density at radius 2 is 2.12 bits per heavy atom. The van der Waals surface area contributed by atoms with E-state index in [0.29, 0.717) is 10.8 Å². The summed E-state index contributed by atoms with van der Waals surface area (Å²) in [6.07, 6.45) is 0. The van der Waals surface area contributed by atoms with E-state index >= 15 is 0 Å². The van der Waals surface area contributed by atoms with Crippen molar-refractivity contribution >= 4 is 28.7 Å². The molecule has 0 heterocycles. The summed E-state index contributed by atoms with van der Waals surface area (Å²) in [5.74, 6) is 0. The fraction of sp³-hybridized carbons (Fsp3) is 0.364. The van der Waals surface area contributed by atoms with Crippen LogP contribution in [0.2, 0.25) is 0 Å². The number of hydrogen-bond donors (Lipinski definition) is 2. The first-order chi connectivity index (χ1) is 7.90. The van der Waals surface area contributed by atoms with Crippen molar-refractivity contribution in [2.45, 2.75) is 26.8 Å². The van der Waals surface area contributed by atoms with Crippen LogP contribution in [0.25, 0.3) is 0 Å². The van der Waals surface area contributed by atoms with Gasteiger partial charge in [0.2, 0.25) is 0 Å². The molecule has 0 fully saturated rings. The average Bonchev–Trinajstić information content (AvgIpc) is 2.19. The Kier molecular flexibility index (Phi) is 4.39. The maximum absolute atomic E-state index is 10.9. The Hall–Kier alpha value is -1.69. The van der Waals surface area contributed by atoms with Crippen molar-refractivity contribution < 1.29 is 4.92 Å². The van der Waals surface area contributed by atoms with E-state index in [1.165, 1.54) is 6.07 Å². The zero-order chi connectivity index (χ0) is 13.0. The second-order valence-corrected chi connectivity index (χ2v) is 4.44. The lowest BCUT2D eigenvalue weighted by Crippen LogP contribution is -2.34. The summed E-state index contributed by atoms with van der Waals surface area (Å²) in [5, 5.41) is 17.1. The smallest absolute Gasteiger partial charge is 0.292 e. The highest BCUT2D eigenvalue weighted by molar-refractivity contribution is 7.80. The summed E-state index contributed by atoms with van der Waals surface area (Å²) in [7, 11) is 0. The monoisotopic (exact) mass is 253 g/mol. The molecular weight excluding hydrogens is 238 g/mol. The highest BCUT2D eigenvalue weighted by Gasteiger charge is 2.14. The highest BCUT2D eigenvalue weighted by Crippen LogP contribution is 2.25. The van der Waals surface area contributed by atoms with Crippen LogP contribution in [0, 0.1) is 17.0 Å². The lowest BCUT2D eigenvalue weighted by atomic mass is 10.2. The molecule has 0 aliphatic rings. The fourth-order valence-corrected chi connectivity index (χ4v) is 1.66. The van der Waals surface area contributed by atoms with Crippen LogP contribution in [0.5, 0.6) is 0 Å². The molecule has 0 atom stereocenters. The van der Waals surface area contributed by atoms with E-state index < -0.39 is 4.92 Å². The van der Waals surface area contributed by atoms with Gasteiger partial charge in [-0.2, -0.15) is 0 Å². The van der Waals surface area contributed by atoms with Crippen molar-refractivity contribution in [1.29, 1.82) is 0 Å².